The fourth-order valence-electron chi connectivity index (χ4n) is 1.42. The molecule has 2 rings (SSSR count). The van der Waals surface area contributed by atoms with Gasteiger partial charge in [-0.2, -0.15) is 0 Å². The topological polar surface area (TPSA) is 50.4 Å². The molecular weight excluding hydrogens is 329 g/mol. The molecule has 1 heterocycles. The summed E-state index contributed by atoms with van der Waals surface area (Å²) >= 11 is 1.82. The first kappa shape index (κ1) is 14.4. The molecule has 1 aromatic carbocycles. The van der Waals surface area contributed by atoms with Crippen molar-refractivity contribution in [3.63, 3.8) is 0 Å². The average molecular weight is 343 g/mol. The number of carbonyl (C=O) groups is 1. The van der Waals surface area contributed by atoms with E-state index < -0.39 is 0 Å². The van der Waals surface area contributed by atoms with Crippen molar-refractivity contribution in [2.45, 2.75) is 12.5 Å². The van der Waals surface area contributed by atoms with Gasteiger partial charge in [-0.05, 0) is 37.2 Å². The van der Waals surface area contributed by atoms with Gasteiger partial charge in [0.15, 0.2) is 0 Å². The summed E-state index contributed by atoms with van der Waals surface area (Å²) in [4.78, 5) is 11.5. The van der Waals surface area contributed by atoms with Crippen LogP contribution in [0, 0.1) is 0 Å². The van der Waals surface area contributed by atoms with Crippen molar-refractivity contribution in [1.82, 2.24) is 5.32 Å². The van der Waals surface area contributed by atoms with Crippen molar-refractivity contribution in [3.05, 3.63) is 24.3 Å². The zero-order valence-electron chi connectivity index (χ0n) is 9.35. The third kappa shape index (κ3) is 4.26. The molecular formula is C11H14ClN2O2Ru. The van der Waals surface area contributed by atoms with Crippen molar-refractivity contribution >= 4 is 21.3 Å². The third-order valence-corrected chi connectivity index (χ3v) is 2.50. The van der Waals surface area contributed by atoms with Gasteiger partial charge < -0.3 is 15.4 Å². The van der Waals surface area contributed by atoms with E-state index in [1.807, 2.05) is 41.6 Å². The molecule has 2 N–H and O–H groups in total. The number of amides is 1. The van der Waals surface area contributed by atoms with Gasteiger partial charge in [0.1, 0.15) is 5.75 Å². The van der Waals surface area contributed by atoms with Crippen LogP contribution in [-0.2, 0) is 22.1 Å². The first-order chi connectivity index (χ1) is 8.29. The standard InChI is InChI=1S/C11H14N2O2.ClH.Ru/c1-15-9-4-2-8(3-5-9)13-11(14)10-6-7-12-10;;/h2-5,10,12H,6-7H2,1H3,(H,13,14);1H;/q;;+1/p-1. The minimum absolute atomic E-state index is 0.0212. The summed E-state index contributed by atoms with van der Waals surface area (Å²) < 4.78 is 5.03. The normalized spacial score (nSPS) is 17.2. The van der Waals surface area contributed by atoms with Gasteiger partial charge in [0.25, 0.3) is 0 Å². The van der Waals surface area contributed by atoms with Crippen molar-refractivity contribution in [2.75, 3.05) is 19.0 Å². The SMILES string of the molecule is COc1ccc(NC(=O)C2CCN2)cc1.[Cl][Ru]. The van der Waals surface area contributed by atoms with Crippen molar-refractivity contribution in [3.8, 4) is 5.75 Å². The van der Waals surface area contributed by atoms with E-state index in [2.05, 4.69) is 20.3 Å². The summed E-state index contributed by atoms with van der Waals surface area (Å²) in [6.07, 6.45) is 0.919. The maximum atomic E-state index is 11.5. The Labute approximate surface area is 115 Å². The van der Waals surface area contributed by atoms with Gasteiger partial charge in [0.2, 0.25) is 5.91 Å². The van der Waals surface area contributed by atoms with Crippen molar-refractivity contribution < 1.29 is 26.8 Å². The van der Waals surface area contributed by atoms with Gasteiger partial charge in [-0.25, -0.2) is 0 Å². The number of hydrogen-bond acceptors (Lipinski definition) is 3. The number of nitrogens with one attached hydrogen (secondary N) is 2. The Morgan fingerprint density at radius 3 is 2.47 bits per heavy atom. The van der Waals surface area contributed by atoms with Crippen molar-refractivity contribution in [1.29, 1.82) is 0 Å². The van der Waals surface area contributed by atoms with E-state index in [4.69, 9.17) is 4.74 Å². The Kier molecular flexibility index (Phi) is 6.49. The van der Waals surface area contributed by atoms with Crippen LogP contribution in [0.2, 0.25) is 0 Å². The summed E-state index contributed by atoms with van der Waals surface area (Å²) in [5.74, 6) is 0.821. The molecule has 1 amide bonds. The second-order valence-electron chi connectivity index (χ2n) is 3.51. The van der Waals surface area contributed by atoms with Crippen LogP contribution in [0.4, 0.5) is 5.69 Å². The van der Waals surface area contributed by atoms with Crippen LogP contribution < -0.4 is 15.4 Å². The molecule has 1 fully saturated rings. The molecule has 1 aromatic rings. The molecule has 0 aromatic heterocycles. The van der Waals surface area contributed by atoms with Gasteiger partial charge in [-0.1, -0.05) is 0 Å². The molecule has 1 saturated heterocycles. The Balaban J connectivity index is 0.000000686. The van der Waals surface area contributed by atoms with Gasteiger partial charge in [0, 0.05) is 5.69 Å². The molecule has 1 aliphatic heterocycles. The number of anilines is 1. The molecule has 1 unspecified atom stereocenters. The quantitative estimate of drug-likeness (QED) is 0.822. The molecule has 0 saturated carbocycles. The fourth-order valence-corrected chi connectivity index (χ4v) is 1.42. The average Bonchev–Trinajstić information content (AvgIpc) is 2.30. The molecule has 1 atom stereocenters. The summed E-state index contributed by atoms with van der Waals surface area (Å²) in [6, 6.07) is 7.28. The van der Waals surface area contributed by atoms with Crippen LogP contribution in [0.5, 0.6) is 5.75 Å². The first-order valence-electron chi connectivity index (χ1n) is 5.11. The van der Waals surface area contributed by atoms with Crippen LogP contribution in [0.1, 0.15) is 6.42 Å². The van der Waals surface area contributed by atoms with Crippen LogP contribution in [-0.4, -0.2) is 25.6 Å². The van der Waals surface area contributed by atoms with Crippen LogP contribution in [0.25, 0.3) is 0 Å². The number of hydrogen-bond donors (Lipinski definition) is 2. The summed E-state index contributed by atoms with van der Waals surface area (Å²) in [5.41, 5.74) is 0.800. The fraction of sp³-hybridized carbons (Fsp3) is 0.364. The Morgan fingerprint density at radius 1 is 1.47 bits per heavy atom. The number of carbonyl (C=O) groups excluding carboxylic acids is 1. The molecule has 95 valence electrons. The van der Waals surface area contributed by atoms with Gasteiger partial charge >= 0.3 is 27.0 Å². The van der Waals surface area contributed by atoms with E-state index in [-0.39, 0.29) is 11.9 Å². The van der Waals surface area contributed by atoms with Gasteiger partial charge in [-0.3, -0.25) is 4.79 Å². The molecule has 6 heteroatoms. The van der Waals surface area contributed by atoms with Crippen LogP contribution in [0.3, 0.4) is 0 Å². The van der Waals surface area contributed by atoms with E-state index in [1.165, 1.54) is 0 Å². The predicted octanol–water partition coefficient (Wildman–Crippen LogP) is 1.68. The van der Waals surface area contributed by atoms with Gasteiger partial charge in [-0.15, -0.1) is 0 Å². The molecule has 17 heavy (non-hydrogen) atoms. The van der Waals surface area contributed by atoms with E-state index >= 15 is 0 Å². The number of ether oxygens (including phenoxy) is 1. The summed E-state index contributed by atoms with van der Waals surface area (Å²) in [6.45, 7) is 0.931. The molecule has 0 aliphatic carbocycles. The second-order valence-corrected chi connectivity index (χ2v) is 3.51. The molecule has 1 aliphatic rings. The number of halogens is 1. The number of methoxy groups -OCH3 is 1. The second kappa shape index (κ2) is 7.64. The Morgan fingerprint density at radius 2 is 2.06 bits per heavy atom. The molecule has 4 nitrogen and oxygen atoms in total. The zero-order chi connectivity index (χ0) is 12.7. The monoisotopic (exact) mass is 343 g/mol. The van der Waals surface area contributed by atoms with E-state index in [1.54, 1.807) is 7.11 Å². The van der Waals surface area contributed by atoms with Crippen molar-refractivity contribution in [2.24, 2.45) is 0 Å². The molecule has 0 radical (unpaired) electrons. The van der Waals surface area contributed by atoms with Crippen LogP contribution in [0.15, 0.2) is 24.3 Å². The zero-order valence-corrected chi connectivity index (χ0v) is 11.8. The first-order valence-corrected chi connectivity index (χ1v) is 7.35. The molecule has 0 bridgehead atoms. The van der Waals surface area contributed by atoms with E-state index in [0.29, 0.717) is 0 Å². The maximum absolute atomic E-state index is 11.5. The summed E-state index contributed by atoms with van der Waals surface area (Å²) in [5, 5.41) is 5.89. The number of rotatable bonds is 3. The van der Waals surface area contributed by atoms with Gasteiger partial charge in [0.05, 0.1) is 13.2 Å². The Hall–Kier alpha value is -0.637. The third-order valence-electron chi connectivity index (χ3n) is 2.50. The van der Waals surface area contributed by atoms with Crippen LogP contribution >= 0.6 is 9.69 Å². The molecule has 0 spiro atoms. The minimum atomic E-state index is -0.0212. The van der Waals surface area contributed by atoms with E-state index in [0.717, 1.165) is 24.4 Å². The van der Waals surface area contributed by atoms with E-state index in [9.17, 15) is 4.79 Å². The Bertz CT molecular complexity index is 355. The number of benzene rings is 1. The summed E-state index contributed by atoms with van der Waals surface area (Å²) in [7, 11) is 6.19. The predicted molar refractivity (Wildman–Crippen MR) is 63.9 cm³/mol.